The summed E-state index contributed by atoms with van der Waals surface area (Å²) in [4.78, 5) is 7.14. The first-order valence-electron chi connectivity index (χ1n) is 4.73. The van der Waals surface area contributed by atoms with Gasteiger partial charge in [-0.1, -0.05) is 23.8 Å². The summed E-state index contributed by atoms with van der Waals surface area (Å²) >= 11 is 0. The van der Waals surface area contributed by atoms with Gasteiger partial charge in [0.2, 0.25) is 0 Å². The molecule has 0 amide bonds. The lowest BCUT2D eigenvalue weighted by Gasteiger charge is -2.03. The Kier molecular flexibility index (Phi) is 2.26. The number of aromatic amines is 1. The summed E-state index contributed by atoms with van der Waals surface area (Å²) in [5.74, 6) is 0.754. The Morgan fingerprint density at radius 2 is 2.13 bits per heavy atom. The number of rotatable bonds is 1. The summed E-state index contributed by atoms with van der Waals surface area (Å²) in [6.45, 7) is 4.09. The van der Waals surface area contributed by atoms with Crippen LogP contribution in [0.2, 0.25) is 0 Å². The quantitative estimate of drug-likeness (QED) is 0.763. The lowest BCUT2D eigenvalue weighted by Crippen LogP contribution is -1.86. The van der Waals surface area contributed by atoms with Gasteiger partial charge in [-0.2, -0.15) is 5.26 Å². The van der Waals surface area contributed by atoms with Crippen molar-refractivity contribution >= 4 is 0 Å². The average molecular weight is 197 g/mol. The molecule has 3 heteroatoms. The number of nitriles is 1. The molecule has 0 saturated carbocycles. The molecule has 0 saturated heterocycles. The van der Waals surface area contributed by atoms with Gasteiger partial charge in [-0.05, 0) is 19.4 Å². The zero-order chi connectivity index (χ0) is 10.8. The predicted octanol–water partition coefficient (Wildman–Crippen LogP) is 2.57. The molecule has 0 aliphatic heterocycles. The molecule has 0 atom stereocenters. The van der Waals surface area contributed by atoms with Gasteiger partial charge in [0.1, 0.15) is 17.6 Å². The summed E-state index contributed by atoms with van der Waals surface area (Å²) in [5.41, 5.74) is 3.92. The van der Waals surface area contributed by atoms with E-state index in [4.69, 9.17) is 5.26 Å². The van der Waals surface area contributed by atoms with Crippen LogP contribution in [0.3, 0.4) is 0 Å². The zero-order valence-electron chi connectivity index (χ0n) is 8.70. The maximum atomic E-state index is 8.69. The lowest BCUT2D eigenvalue weighted by atomic mass is 10.1. The van der Waals surface area contributed by atoms with E-state index >= 15 is 0 Å². The first-order valence-corrected chi connectivity index (χ1v) is 4.73. The van der Waals surface area contributed by atoms with E-state index in [1.807, 2.05) is 25.1 Å². The summed E-state index contributed by atoms with van der Waals surface area (Å²) in [6, 6.07) is 8.19. The van der Waals surface area contributed by atoms with Crippen LogP contribution in [0.25, 0.3) is 11.4 Å². The van der Waals surface area contributed by atoms with Gasteiger partial charge in [0.05, 0.1) is 6.20 Å². The molecule has 0 fully saturated rings. The SMILES string of the molecule is Cc1ccc(-c2ncc(C#N)[nH]2)c(C)c1. The molecule has 0 bridgehead atoms. The molecule has 1 aromatic carbocycles. The Labute approximate surface area is 88.4 Å². The van der Waals surface area contributed by atoms with Crippen LogP contribution >= 0.6 is 0 Å². The van der Waals surface area contributed by atoms with Gasteiger partial charge < -0.3 is 4.98 Å². The third-order valence-electron chi connectivity index (χ3n) is 2.33. The van der Waals surface area contributed by atoms with Gasteiger partial charge >= 0.3 is 0 Å². The van der Waals surface area contributed by atoms with Crippen molar-refractivity contribution in [2.45, 2.75) is 13.8 Å². The Morgan fingerprint density at radius 3 is 2.73 bits per heavy atom. The Bertz CT molecular complexity index is 532. The number of benzene rings is 1. The molecule has 74 valence electrons. The van der Waals surface area contributed by atoms with Crippen molar-refractivity contribution in [1.29, 1.82) is 5.26 Å². The van der Waals surface area contributed by atoms with E-state index in [1.54, 1.807) is 6.20 Å². The molecule has 0 unspecified atom stereocenters. The standard InChI is InChI=1S/C12H11N3/c1-8-3-4-11(9(2)5-8)12-14-7-10(6-13)15-12/h3-5,7H,1-2H3,(H,14,15). The molecule has 1 aromatic heterocycles. The summed E-state index contributed by atoms with van der Waals surface area (Å²) < 4.78 is 0. The van der Waals surface area contributed by atoms with Crippen molar-refractivity contribution in [1.82, 2.24) is 9.97 Å². The molecule has 0 radical (unpaired) electrons. The maximum absolute atomic E-state index is 8.69. The zero-order valence-corrected chi connectivity index (χ0v) is 8.70. The van der Waals surface area contributed by atoms with Crippen LogP contribution in [0, 0.1) is 25.2 Å². The molecule has 2 rings (SSSR count). The number of nitrogens with one attached hydrogen (secondary N) is 1. The smallest absolute Gasteiger partial charge is 0.138 e. The summed E-state index contributed by atoms with van der Waals surface area (Å²) in [6.07, 6.45) is 1.55. The first-order chi connectivity index (χ1) is 7.20. The van der Waals surface area contributed by atoms with Gasteiger partial charge in [-0.15, -0.1) is 0 Å². The topological polar surface area (TPSA) is 52.5 Å². The van der Waals surface area contributed by atoms with Crippen LogP contribution in [0.1, 0.15) is 16.8 Å². The highest BCUT2D eigenvalue weighted by Gasteiger charge is 2.05. The fourth-order valence-electron chi connectivity index (χ4n) is 1.59. The van der Waals surface area contributed by atoms with Gasteiger partial charge in [-0.25, -0.2) is 4.98 Å². The summed E-state index contributed by atoms with van der Waals surface area (Å²) in [5, 5.41) is 8.69. The minimum atomic E-state index is 0.491. The molecule has 1 N–H and O–H groups in total. The van der Waals surface area contributed by atoms with Crippen LogP contribution < -0.4 is 0 Å². The molecule has 2 aromatic rings. The number of imidazole rings is 1. The minimum Gasteiger partial charge on any atom is -0.330 e. The molecule has 0 spiro atoms. The van der Waals surface area contributed by atoms with Crippen LogP contribution in [0.15, 0.2) is 24.4 Å². The van der Waals surface area contributed by atoms with Crippen molar-refractivity contribution in [3.63, 3.8) is 0 Å². The van der Waals surface area contributed by atoms with Gasteiger partial charge in [0.25, 0.3) is 0 Å². The average Bonchev–Trinajstić information content (AvgIpc) is 2.66. The van der Waals surface area contributed by atoms with Crippen molar-refractivity contribution in [2.75, 3.05) is 0 Å². The highest BCUT2D eigenvalue weighted by Crippen LogP contribution is 2.21. The van der Waals surface area contributed by atoms with Crippen LogP contribution in [-0.2, 0) is 0 Å². The number of nitrogens with zero attached hydrogens (tertiary/aromatic N) is 2. The van der Waals surface area contributed by atoms with E-state index in [0.717, 1.165) is 17.0 Å². The number of H-pyrrole nitrogens is 1. The lowest BCUT2D eigenvalue weighted by molar-refractivity contribution is 1.26. The Balaban J connectivity index is 2.50. The number of aromatic nitrogens is 2. The van der Waals surface area contributed by atoms with Crippen molar-refractivity contribution in [3.05, 3.63) is 41.2 Å². The van der Waals surface area contributed by atoms with Crippen molar-refractivity contribution in [2.24, 2.45) is 0 Å². The highest BCUT2D eigenvalue weighted by molar-refractivity contribution is 5.61. The predicted molar refractivity (Wildman–Crippen MR) is 58.2 cm³/mol. The Hall–Kier alpha value is -2.08. The van der Waals surface area contributed by atoms with E-state index in [0.29, 0.717) is 5.69 Å². The van der Waals surface area contributed by atoms with Crippen LogP contribution in [-0.4, -0.2) is 9.97 Å². The molecule has 1 heterocycles. The fraction of sp³-hybridized carbons (Fsp3) is 0.167. The molecule has 0 aliphatic rings. The van der Waals surface area contributed by atoms with Gasteiger partial charge in [-0.3, -0.25) is 0 Å². The molecular formula is C12H11N3. The van der Waals surface area contributed by atoms with E-state index in [-0.39, 0.29) is 0 Å². The largest absolute Gasteiger partial charge is 0.330 e. The van der Waals surface area contributed by atoms with E-state index in [1.165, 1.54) is 5.56 Å². The van der Waals surface area contributed by atoms with Crippen molar-refractivity contribution < 1.29 is 0 Å². The molecule has 0 aliphatic carbocycles. The number of hydrogen-bond donors (Lipinski definition) is 1. The minimum absolute atomic E-state index is 0.491. The van der Waals surface area contributed by atoms with E-state index < -0.39 is 0 Å². The van der Waals surface area contributed by atoms with Crippen LogP contribution in [0.4, 0.5) is 0 Å². The normalized spacial score (nSPS) is 9.93. The monoisotopic (exact) mass is 197 g/mol. The number of aryl methyl sites for hydroxylation is 2. The van der Waals surface area contributed by atoms with E-state index in [9.17, 15) is 0 Å². The summed E-state index contributed by atoms with van der Waals surface area (Å²) in [7, 11) is 0. The third kappa shape index (κ3) is 1.75. The second-order valence-electron chi connectivity index (χ2n) is 3.58. The van der Waals surface area contributed by atoms with E-state index in [2.05, 4.69) is 23.0 Å². The third-order valence-corrected chi connectivity index (χ3v) is 2.33. The molecule has 15 heavy (non-hydrogen) atoms. The maximum Gasteiger partial charge on any atom is 0.138 e. The van der Waals surface area contributed by atoms with Crippen molar-refractivity contribution in [3.8, 4) is 17.5 Å². The number of hydrogen-bond acceptors (Lipinski definition) is 2. The Morgan fingerprint density at radius 1 is 1.33 bits per heavy atom. The second-order valence-corrected chi connectivity index (χ2v) is 3.58. The highest BCUT2D eigenvalue weighted by atomic mass is 14.9. The molecular weight excluding hydrogens is 186 g/mol. The van der Waals surface area contributed by atoms with Crippen LogP contribution in [0.5, 0.6) is 0 Å². The molecule has 3 nitrogen and oxygen atoms in total. The van der Waals surface area contributed by atoms with Gasteiger partial charge in [0, 0.05) is 5.56 Å². The second kappa shape index (κ2) is 3.58. The van der Waals surface area contributed by atoms with Gasteiger partial charge in [0.15, 0.2) is 0 Å². The fourth-order valence-corrected chi connectivity index (χ4v) is 1.59. The first kappa shape index (κ1) is 9.47.